The van der Waals surface area contributed by atoms with Crippen molar-refractivity contribution in [1.29, 1.82) is 0 Å². The first-order chi connectivity index (χ1) is 10.3. The third-order valence-corrected chi connectivity index (χ3v) is 5.16. The summed E-state index contributed by atoms with van der Waals surface area (Å²) in [4.78, 5) is 2.33. The molecule has 7 heteroatoms. The van der Waals surface area contributed by atoms with Gasteiger partial charge < -0.3 is 9.15 Å². The molecule has 3 heterocycles. The number of hydrogen-bond acceptors (Lipinski definition) is 5. The molecule has 0 bridgehead atoms. The molecule has 0 saturated carbocycles. The van der Waals surface area contributed by atoms with E-state index in [0.29, 0.717) is 13.2 Å². The molecule has 2 aliphatic rings. The fourth-order valence-corrected chi connectivity index (χ4v) is 3.81. The van der Waals surface area contributed by atoms with E-state index in [1.54, 1.807) is 0 Å². The Kier molecular flexibility index (Phi) is 4.33. The molecule has 0 radical (unpaired) electrons. The van der Waals surface area contributed by atoms with Crippen LogP contribution in [-0.2, 0) is 21.3 Å². The van der Waals surface area contributed by atoms with Crippen molar-refractivity contribution in [2.24, 2.45) is 5.92 Å². The van der Waals surface area contributed by atoms with Crippen LogP contribution in [0.1, 0.15) is 24.4 Å². The van der Waals surface area contributed by atoms with E-state index in [9.17, 15) is 8.42 Å². The molecule has 1 spiro atoms. The van der Waals surface area contributed by atoms with Gasteiger partial charge in [-0.05, 0) is 37.8 Å². The first-order valence-corrected chi connectivity index (χ1v) is 9.59. The Labute approximate surface area is 131 Å². The molecule has 0 unspecified atom stereocenters. The molecule has 3 rings (SSSR count). The average Bonchev–Trinajstić information content (AvgIpc) is 2.81. The Balaban J connectivity index is 1.41. The molecule has 0 aliphatic carbocycles. The van der Waals surface area contributed by atoms with Crippen LogP contribution >= 0.6 is 0 Å². The molecule has 1 atom stereocenters. The van der Waals surface area contributed by atoms with E-state index in [1.165, 1.54) is 6.26 Å². The maximum Gasteiger partial charge on any atom is 0.208 e. The van der Waals surface area contributed by atoms with Gasteiger partial charge in [0.05, 0.1) is 25.0 Å². The van der Waals surface area contributed by atoms with Gasteiger partial charge in [-0.1, -0.05) is 0 Å². The maximum absolute atomic E-state index is 11.1. The topological polar surface area (TPSA) is 71.8 Å². The molecule has 6 nitrogen and oxygen atoms in total. The van der Waals surface area contributed by atoms with Crippen molar-refractivity contribution in [3.63, 3.8) is 0 Å². The maximum atomic E-state index is 11.1. The Morgan fingerprint density at radius 3 is 2.73 bits per heavy atom. The van der Waals surface area contributed by atoms with Crippen LogP contribution in [0.3, 0.4) is 0 Å². The van der Waals surface area contributed by atoms with Gasteiger partial charge in [0.2, 0.25) is 10.0 Å². The summed E-state index contributed by atoms with van der Waals surface area (Å²) in [5.41, 5.74) is -0.0246. The third kappa shape index (κ3) is 3.90. The zero-order valence-corrected chi connectivity index (χ0v) is 14.0. The highest BCUT2D eigenvalue weighted by molar-refractivity contribution is 7.88. The number of rotatable bonds is 5. The zero-order valence-electron chi connectivity index (χ0n) is 13.2. The summed E-state index contributed by atoms with van der Waals surface area (Å²) >= 11 is 0. The lowest BCUT2D eigenvalue weighted by molar-refractivity contribution is -0.181. The summed E-state index contributed by atoms with van der Waals surface area (Å²) in [5.74, 6) is 2.22. The van der Waals surface area contributed by atoms with Crippen molar-refractivity contribution in [3.05, 3.63) is 23.7 Å². The molecule has 124 valence electrons. The van der Waals surface area contributed by atoms with Crippen LogP contribution in [-0.4, -0.2) is 51.4 Å². The molecule has 2 aliphatic heterocycles. The van der Waals surface area contributed by atoms with E-state index >= 15 is 0 Å². The largest absolute Gasteiger partial charge is 0.465 e. The number of nitrogens with zero attached hydrogens (tertiary/aromatic N) is 1. The summed E-state index contributed by atoms with van der Waals surface area (Å²) in [5, 5.41) is 0. The number of nitrogens with one attached hydrogen (secondary N) is 1. The molecule has 2 saturated heterocycles. The second-order valence-corrected chi connectivity index (χ2v) is 8.51. The van der Waals surface area contributed by atoms with Crippen LogP contribution in [0.25, 0.3) is 0 Å². The quantitative estimate of drug-likeness (QED) is 0.877. The molecule has 0 amide bonds. The molecule has 22 heavy (non-hydrogen) atoms. The number of likely N-dealkylation sites (tertiary alicyclic amines) is 1. The average molecular weight is 328 g/mol. The predicted molar refractivity (Wildman–Crippen MR) is 83.0 cm³/mol. The van der Waals surface area contributed by atoms with E-state index in [1.807, 2.05) is 19.1 Å². The van der Waals surface area contributed by atoms with Gasteiger partial charge in [-0.2, -0.15) is 0 Å². The standard InChI is InChI=1S/C15H24N2O4S/c1-12-3-4-14(21-12)8-17-10-15(11-17)6-5-13(9-20-15)7-16-22(2,18)19/h3-4,13,16H,5-11H2,1-2H3/t13-/m0/s1. The van der Waals surface area contributed by atoms with Crippen LogP contribution in [0.5, 0.6) is 0 Å². The molecule has 1 N–H and O–H groups in total. The Morgan fingerprint density at radius 2 is 2.18 bits per heavy atom. The van der Waals surface area contributed by atoms with Gasteiger partial charge in [-0.3, -0.25) is 4.90 Å². The van der Waals surface area contributed by atoms with E-state index in [4.69, 9.17) is 9.15 Å². The van der Waals surface area contributed by atoms with Gasteiger partial charge in [-0.15, -0.1) is 0 Å². The third-order valence-electron chi connectivity index (χ3n) is 4.47. The minimum Gasteiger partial charge on any atom is -0.465 e. The van der Waals surface area contributed by atoms with Crippen LogP contribution in [0.15, 0.2) is 16.5 Å². The van der Waals surface area contributed by atoms with Crippen molar-refractivity contribution >= 4 is 10.0 Å². The smallest absolute Gasteiger partial charge is 0.208 e. The molecule has 0 aromatic carbocycles. The Bertz CT molecular complexity index is 609. The van der Waals surface area contributed by atoms with E-state index < -0.39 is 10.0 Å². The summed E-state index contributed by atoms with van der Waals surface area (Å²) < 4.78 is 36.5. The van der Waals surface area contributed by atoms with Crippen LogP contribution in [0, 0.1) is 12.8 Å². The lowest BCUT2D eigenvalue weighted by Gasteiger charge is -2.52. The lowest BCUT2D eigenvalue weighted by Crippen LogP contribution is -2.64. The van der Waals surface area contributed by atoms with E-state index in [-0.39, 0.29) is 11.5 Å². The van der Waals surface area contributed by atoms with Crippen molar-refractivity contribution in [2.45, 2.75) is 31.9 Å². The molecule has 1 aromatic rings. The van der Waals surface area contributed by atoms with E-state index in [0.717, 1.165) is 44.0 Å². The predicted octanol–water partition coefficient (Wildman–Crippen LogP) is 1.12. The number of hydrogen-bond donors (Lipinski definition) is 1. The van der Waals surface area contributed by atoms with Gasteiger partial charge in [0, 0.05) is 19.6 Å². The number of ether oxygens (including phenoxy) is 1. The normalized spacial score (nSPS) is 25.3. The van der Waals surface area contributed by atoms with Gasteiger partial charge in [0.25, 0.3) is 0 Å². The van der Waals surface area contributed by atoms with Crippen molar-refractivity contribution in [3.8, 4) is 0 Å². The number of aryl methyl sites for hydroxylation is 1. The van der Waals surface area contributed by atoms with Crippen LogP contribution < -0.4 is 4.72 Å². The highest BCUT2D eigenvalue weighted by Crippen LogP contribution is 2.36. The number of furan rings is 1. The first-order valence-electron chi connectivity index (χ1n) is 7.70. The summed E-state index contributed by atoms with van der Waals surface area (Å²) in [6, 6.07) is 4.01. The molecule has 2 fully saturated rings. The molecular weight excluding hydrogens is 304 g/mol. The molecular formula is C15H24N2O4S. The summed E-state index contributed by atoms with van der Waals surface area (Å²) in [6.45, 7) is 5.76. The SMILES string of the molecule is Cc1ccc(CN2CC3(CC[C@@H](CNS(C)(=O)=O)CO3)C2)o1. The fraction of sp³-hybridized carbons (Fsp3) is 0.733. The second-order valence-electron chi connectivity index (χ2n) is 6.68. The zero-order chi connectivity index (χ0) is 15.8. The van der Waals surface area contributed by atoms with Gasteiger partial charge in [0.1, 0.15) is 11.5 Å². The highest BCUT2D eigenvalue weighted by Gasteiger charge is 2.46. The molecule has 1 aromatic heterocycles. The van der Waals surface area contributed by atoms with Gasteiger partial charge >= 0.3 is 0 Å². The highest BCUT2D eigenvalue weighted by atomic mass is 32.2. The van der Waals surface area contributed by atoms with E-state index in [2.05, 4.69) is 9.62 Å². The fourth-order valence-electron chi connectivity index (χ4n) is 3.27. The van der Waals surface area contributed by atoms with Crippen LogP contribution in [0.4, 0.5) is 0 Å². The van der Waals surface area contributed by atoms with Crippen molar-refractivity contribution in [1.82, 2.24) is 9.62 Å². The lowest BCUT2D eigenvalue weighted by atomic mass is 9.83. The summed E-state index contributed by atoms with van der Waals surface area (Å²) in [6.07, 6.45) is 3.20. The Hall–Kier alpha value is -0.890. The minimum atomic E-state index is -3.11. The summed E-state index contributed by atoms with van der Waals surface area (Å²) in [7, 11) is -3.11. The monoisotopic (exact) mass is 328 g/mol. The Morgan fingerprint density at radius 1 is 1.41 bits per heavy atom. The van der Waals surface area contributed by atoms with Gasteiger partial charge in [-0.25, -0.2) is 13.1 Å². The number of sulfonamides is 1. The van der Waals surface area contributed by atoms with Gasteiger partial charge in [0.15, 0.2) is 0 Å². The van der Waals surface area contributed by atoms with Crippen molar-refractivity contribution < 1.29 is 17.6 Å². The van der Waals surface area contributed by atoms with Crippen molar-refractivity contribution in [2.75, 3.05) is 32.5 Å². The second kappa shape index (κ2) is 5.96. The first kappa shape index (κ1) is 16.0. The minimum absolute atomic E-state index is 0.0246. The van der Waals surface area contributed by atoms with Crippen LogP contribution in [0.2, 0.25) is 0 Å².